The number of hydrogen-bond donors (Lipinski definition) is 2. The highest BCUT2D eigenvalue weighted by atomic mass is 19.4. The number of primary amides is 1. The van der Waals surface area contributed by atoms with Gasteiger partial charge in [-0.25, -0.2) is 4.98 Å². The van der Waals surface area contributed by atoms with Crippen molar-refractivity contribution in [2.24, 2.45) is 5.73 Å². The third-order valence-electron chi connectivity index (χ3n) is 8.20. The van der Waals surface area contributed by atoms with E-state index in [0.717, 1.165) is 35.4 Å². The third-order valence-corrected chi connectivity index (χ3v) is 8.20. The molecule has 13 heteroatoms. The lowest BCUT2D eigenvalue weighted by Gasteiger charge is -2.34. The molecule has 0 bridgehead atoms. The van der Waals surface area contributed by atoms with Crippen LogP contribution in [0.5, 0.6) is 0 Å². The van der Waals surface area contributed by atoms with Gasteiger partial charge in [0.25, 0.3) is 5.91 Å². The zero-order valence-electron chi connectivity index (χ0n) is 23.7. The van der Waals surface area contributed by atoms with Crippen molar-refractivity contribution in [1.82, 2.24) is 24.3 Å². The maximum atomic E-state index is 13.0. The largest absolute Gasteiger partial charge is 0.471 e. The number of fused-ring (bicyclic) bond motifs is 2. The van der Waals surface area contributed by atoms with E-state index in [0.29, 0.717) is 37.4 Å². The molecule has 1 aliphatic heterocycles. The van der Waals surface area contributed by atoms with Gasteiger partial charge in [-0.2, -0.15) is 18.2 Å². The van der Waals surface area contributed by atoms with Crippen LogP contribution in [0.2, 0.25) is 0 Å². The van der Waals surface area contributed by atoms with Crippen LogP contribution in [-0.4, -0.2) is 75.0 Å². The Labute approximate surface area is 250 Å². The number of aryl methyl sites for hydroxylation is 2. The Morgan fingerprint density at radius 2 is 1.70 bits per heavy atom. The second-order valence-corrected chi connectivity index (χ2v) is 11.0. The van der Waals surface area contributed by atoms with Crippen LogP contribution in [0.1, 0.15) is 33.5 Å². The molecule has 2 aromatic carbocycles. The van der Waals surface area contributed by atoms with Crippen molar-refractivity contribution in [3.8, 4) is 5.69 Å². The first-order chi connectivity index (χ1) is 21.1. The van der Waals surface area contributed by atoms with Gasteiger partial charge >= 0.3 is 12.1 Å². The number of hydrogen-bond acceptors (Lipinski definition) is 7. The predicted molar refractivity (Wildman–Crippen MR) is 158 cm³/mol. The van der Waals surface area contributed by atoms with E-state index in [1.807, 2.05) is 41.3 Å². The monoisotopic (exact) mass is 605 g/mol. The lowest BCUT2D eigenvalue weighted by atomic mass is 10.1. The molecule has 0 radical (unpaired) electrons. The van der Waals surface area contributed by atoms with Gasteiger partial charge in [-0.15, -0.1) is 0 Å². The molecule has 1 saturated heterocycles. The standard InChI is InChI=1S/C31H30F3N7O3/c32-31(33,34)29(44)40-14-12-39(13-15-40)11-10-19-4-7-22(8-5-19)37-30-36-17-24-26(42)25(27(35)43)18-41(28(24)38-30)23-9-6-20-2-1-3-21(20)16-23/h4-9,16-18H,1-3,10-15H2,(H2,35,43)(H,36,37,38). The van der Waals surface area contributed by atoms with Gasteiger partial charge in [0.05, 0.1) is 5.39 Å². The molecule has 3 N–H and O–H groups in total. The van der Waals surface area contributed by atoms with Crippen molar-refractivity contribution >= 4 is 34.5 Å². The fourth-order valence-corrected chi connectivity index (χ4v) is 5.78. The molecule has 1 fully saturated rings. The van der Waals surface area contributed by atoms with Crippen molar-refractivity contribution in [2.75, 3.05) is 38.0 Å². The van der Waals surface area contributed by atoms with Crippen molar-refractivity contribution < 1.29 is 22.8 Å². The van der Waals surface area contributed by atoms with Crippen molar-refractivity contribution in [3.63, 3.8) is 0 Å². The number of benzene rings is 2. The van der Waals surface area contributed by atoms with Crippen molar-refractivity contribution in [3.05, 3.63) is 87.3 Å². The molecule has 2 amide bonds. The van der Waals surface area contributed by atoms with Gasteiger partial charge in [-0.1, -0.05) is 18.2 Å². The Balaban J connectivity index is 1.16. The minimum absolute atomic E-state index is 0.0527. The van der Waals surface area contributed by atoms with E-state index in [1.165, 1.54) is 23.5 Å². The molecule has 228 valence electrons. The smallest absolute Gasteiger partial charge is 0.365 e. The fraction of sp³-hybridized carbons (Fsp3) is 0.323. The van der Waals surface area contributed by atoms with Crippen LogP contribution in [0.25, 0.3) is 16.7 Å². The van der Waals surface area contributed by atoms with Crippen LogP contribution in [0.4, 0.5) is 24.8 Å². The number of nitrogens with two attached hydrogens (primary N) is 1. The van der Waals surface area contributed by atoms with Crippen molar-refractivity contribution in [1.29, 1.82) is 0 Å². The van der Waals surface area contributed by atoms with Gasteiger partial charge in [0, 0.05) is 56.5 Å². The molecule has 0 unspecified atom stereocenters. The average molecular weight is 606 g/mol. The first-order valence-electron chi connectivity index (χ1n) is 14.4. The second-order valence-electron chi connectivity index (χ2n) is 11.0. The summed E-state index contributed by atoms with van der Waals surface area (Å²) in [4.78, 5) is 48.4. The zero-order valence-corrected chi connectivity index (χ0v) is 23.7. The summed E-state index contributed by atoms with van der Waals surface area (Å²) in [5, 5.41) is 3.34. The van der Waals surface area contributed by atoms with Crippen LogP contribution < -0.4 is 16.5 Å². The maximum absolute atomic E-state index is 13.0. The summed E-state index contributed by atoms with van der Waals surface area (Å²) < 4.78 is 39.7. The predicted octanol–water partition coefficient (Wildman–Crippen LogP) is 3.36. The molecule has 0 saturated carbocycles. The number of nitrogens with zero attached hydrogens (tertiary/aromatic N) is 5. The lowest BCUT2D eigenvalue weighted by Crippen LogP contribution is -2.52. The number of nitrogens with one attached hydrogen (secondary N) is 1. The third kappa shape index (κ3) is 6.00. The highest BCUT2D eigenvalue weighted by Gasteiger charge is 2.43. The summed E-state index contributed by atoms with van der Waals surface area (Å²) in [6, 6.07) is 13.7. The van der Waals surface area contributed by atoms with Crippen LogP contribution in [0.15, 0.2) is 59.7 Å². The number of aromatic nitrogens is 3. The summed E-state index contributed by atoms with van der Waals surface area (Å²) in [6.07, 6.45) is 1.73. The Bertz CT molecular complexity index is 1800. The molecule has 0 atom stereocenters. The second kappa shape index (κ2) is 11.7. The van der Waals surface area contributed by atoms with E-state index in [9.17, 15) is 27.6 Å². The highest BCUT2D eigenvalue weighted by Crippen LogP contribution is 2.26. The summed E-state index contributed by atoms with van der Waals surface area (Å²) in [6.45, 7) is 1.53. The molecular weight excluding hydrogens is 575 g/mol. The summed E-state index contributed by atoms with van der Waals surface area (Å²) >= 11 is 0. The first-order valence-corrected chi connectivity index (χ1v) is 14.4. The Hall–Kier alpha value is -4.78. The lowest BCUT2D eigenvalue weighted by molar-refractivity contribution is -0.187. The quantitative estimate of drug-likeness (QED) is 0.331. The minimum Gasteiger partial charge on any atom is -0.365 e. The molecule has 2 aromatic heterocycles. The van der Waals surface area contributed by atoms with Gasteiger partial charge in [0.1, 0.15) is 5.56 Å². The number of pyridine rings is 1. The number of anilines is 2. The highest BCUT2D eigenvalue weighted by molar-refractivity contribution is 5.96. The fourth-order valence-electron chi connectivity index (χ4n) is 5.78. The molecule has 10 nitrogen and oxygen atoms in total. The maximum Gasteiger partial charge on any atom is 0.471 e. The zero-order chi connectivity index (χ0) is 31.0. The van der Waals surface area contributed by atoms with E-state index in [1.54, 1.807) is 4.57 Å². The molecule has 2 aliphatic rings. The SMILES string of the molecule is NC(=O)c1cn(-c2ccc3c(c2)CCC3)c2nc(Nc3ccc(CCN4CCN(C(=O)C(F)(F)F)CC4)cc3)ncc2c1=O. The summed E-state index contributed by atoms with van der Waals surface area (Å²) in [5.74, 6) is -2.34. The number of halogens is 3. The van der Waals surface area contributed by atoms with Crippen molar-refractivity contribution in [2.45, 2.75) is 31.9 Å². The number of carbonyl (C=O) groups is 2. The normalized spacial score (nSPS) is 15.4. The Morgan fingerprint density at radius 1 is 0.977 bits per heavy atom. The van der Waals surface area contributed by atoms with E-state index in [2.05, 4.69) is 21.4 Å². The van der Waals surface area contributed by atoms with E-state index >= 15 is 0 Å². The number of alkyl halides is 3. The van der Waals surface area contributed by atoms with Gasteiger partial charge < -0.3 is 20.5 Å². The average Bonchev–Trinajstić information content (AvgIpc) is 3.48. The molecule has 44 heavy (non-hydrogen) atoms. The van der Waals surface area contributed by atoms with E-state index in [-0.39, 0.29) is 30.0 Å². The van der Waals surface area contributed by atoms with Crippen LogP contribution in [0.3, 0.4) is 0 Å². The van der Waals surface area contributed by atoms with Crippen LogP contribution in [-0.2, 0) is 24.1 Å². The van der Waals surface area contributed by atoms with Gasteiger partial charge in [-0.3, -0.25) is 19.3 Å². The topological polar surface area (TPSA) is 126 Å². The van der Waals surface area contributed by atoms with Gasteiger partial charge in [-0.05, 0) is 66.6 Å². The van der Waals surface area contributed by atoms with Crippen LogP contribution >= 0.6 is 0 Å². The molecule has 3 heterocycles. The number of rotatable bonds is 7. The first kappa shape index (κ1) is 29.3. The molecular formula is C31H30F3N7O3. The van der Waals surface area contributed by atoms with E-state index in [4.69, 9.17) is 5.73 Å². The van der Waals surface area contributed by atoms with Gasteiger partial charge in [0.2, 0.25) is 11.4 Å². The molecule has 6 rings (SSSR count). The number of amides is 2. The minimum atomic E-state index is -4.84. The van der Waals surface area contributed by atoms with Crippen LogP contribution in [0, 0.1) is 0 Å². The number of carbonyl (C=O) groups excluding carboxylic acids is 2. The molecule has 4 aromatic rings. The summed E-state index contributed by atoms with van der Waals surface area (Å²) in [7, 11) is 0. The molecule has 0 spiro atoms. The molecule has 1 aliphatic carbocycles. The van der Waals surface area contributed by atoms with E-state index < -0.39 is 23.4 Å². The van der Waals surface area contributed by atoms with Gasteiger partial charge in [0.15, 0.2) is 5.65 Å². The Kier molecular flexibility index (Phi) is 7.80. The summed E-state index contributed by atoms with van der Waals surface area (Å²) in [5.41, 5.74) is 10.2. The number of piperazine rings is 1. The Morgan fingerprint density at radius 3 is 2.41 bits per heavy atom.